The van der Waals surface area contributed by atoms with Crippen LogP contribution in [0.4, 0.5) is 5.69 Å². The van der Waals surface area contributed by atoms with Gasteiger partial charge in [-0.2, -0.15) is 0 Å². The lowest BCUT2D eigenvalue weighted by Crippen LogP contribution is -2.34. The number of anilines is 1. The van der Waals surface area contributed by atoms with Gasteiger partial charge in [0.15, 0.2) is 0 Å². The molecule has 15 heavy (non-hydrogen) atoms. The SMILES string of the molecule is CC[C@H](N)C(=O)Nc1ccc(C)c(C)c1. The van der Waals surface area contributed by atoms with Crippen LogP contribution in [0.5, 0.6) is 0 Å². The van der Waals surface area contributed by atoms with E-state index in [-0.39, 0.29) is 5.91 Å². The van der Waals surface area contributed by atoms with Gasteiger partial charge in [0.25, 0.3) is 0 Å². The number of benzene rings is 1. The monoisotopic (exact) mass is 206 g/mol. The predicted octanol–water partition coefficient (Wildman–Crippen LogP) is 1.98. The normalized spacial score (nSPS) is 12.3. The van der Waals surface area contributed by atoms with Crippen LogP contribution in [-0.2, 0) is 4.79 Å². The van der Waals surface area contributed by atoms with Gasteiger partial charge in [-0.15, -0.1) is 0 Å². The van der Waals surface area contributed by atoms with Crippen molar-refractivity contribution in [3.8, 4) is 0 Å². The van der Waals surface area contributed by atoms with Crippen molar-refractivity contribution in [2.45, 2.75) is 33.2 Å². The molecule has 0 aliphatic heterocycles. The van der Waals surface area contributed by atoms with Crippen LogP contribution in [0.15, 0.2) is 18.2 Å². The van der Waals surface area contributed by atoms with E-state index in [0.717, 1.165) is 11.3 Å². The Bertz CT molecular complexity index is 361. The van der Waals surface area contributed by atoms with Gasteiger partial charge in [0.05, 0.1) is 6.04 Å². The lowest BCUT2D eigenvalue weighted by Gasteiger charge is -2.11. The molecule has 1 atom stereocenters. The fourth-order valence-corrected chi connectivity index (χ4v) is 1.24. The van der Waals surface area contributed by atoms with Gasteiger partial charge in [-0.3, -0.25) is 4.79 Å². The molecule has 0 saturated carbocycles. The molecule has 0 unspecified atom stereocenters. The van der Waals surface area contributed by atoms with Crippen LogP contribution in [-0.4, -0.2) is 11.9 Å². The summed E-state index contributed by atoms with van der Waals surface area (Å²) < 4.78 is 0. The van der Waals surface area contributed by atoms with Crippen molar-refractivity contribution in [2.75, 3.05) is 5.32 Å². The molecule has 0 aliphatic carbocycles. The molecule has 3 N–H and O–H groups in total. The number of nitrogens with one attached hydrogen (secondary N) is 1. The summed E-state index contributed by atoms with van der Waals surface area (Å²) in [5.74, 6) is -0.124. The summed E-state index contributed by atoms with van der Waals surface area (Å²) in [6.07, 6.45) is 0.649. The van der Waals surface area contributed by atoms with Crippen molar-refractivity contribution >= 4 is 11.6 Å². The Morgan fingerprint density at radius 3 is 2.60 bits per heavy atom. The first-order valence-electron chi connectivity index (χ1n) is 5.18. The number of amides is 1. The Labute approximate surface area is 90.7 Å². The molecule has 0 heterocycles. The van der Waals surface area contributed by atoms with Crippen LogP contribution in [0.25, 0.3) is 0 Å². The largest absolute Gasteiger partial charge is 0.325 e. The molecule has 0 fully saturated rings. The number of aryl methyl sites for hydroxylation is 2. The van der Waals surface area contributed by atoms with E-state index in [0.29, 0.717) is 6.42 Å². The zero-order valence-corrected chi connectivity index (χ0v) is 9.50. The molecule has 1 aromatic carbocycles. The average molecular weight is 206 g/mol. The number of carbonyl (C=O) groups is 1. The molecule has 1 aromatic rings. The Morgan fingerprint density at radius 1 is 1.40 bits per heavy atom. The molecule has 3 heteroatoms. The van der Waals surface area contributed by atoms with Crippen molar-refractivity contribution in [2.24, 2.45) is 5.73 Å². The summed E-state index contributed by atoms with van der Waals surface area (Å²) in [5.41, 5.74) is 8.81. The molecular weight excluding hydrogens is 188 g/mol. The van der Waals surface area contributed by atoms with E-state index < -0.39 is 6.04 Å². The van der Waals surface area contributed by atoms with Gasteiger partial charge in [-0.1, -0.05) is 13.0 Å². The van der Waals surface area contributed by atoms with Gasteiger partial charge in [0.2, 0.25) is 5.91 Å². The Morgan fingerprint density at radius 2 is 2.07 bits per heavy atom. The van der Waals surface area contributed by atoms with Crippen LogP contribution < -0.4 is 11.1 Å². The van der Waals surface area contributed by atoms with E-state index in [1.54, 1.807) is 0 Å². The Kier molecular flexibility index (Phi) is 3.86. The molecule has 1 rings (SSSR count). The third kappa shape index (κ3) is 3.06. The highest BCUT2D eigenvalue weighted by Gasteiger charge is 2.10. The van der Waals surface area contributed by atoms with Crippen molar-refractivity contribution in [1.82, 2.24) is 0 Å². The van der Waals surface area contributed by atoms with Gasteiger partial charge >= 0.3 is 0 Å². The van der Waals surface area contributed by atoms with Gasteiger partial charge in [-0.05, 0) is 43.5 Å². The molecule has 0 spiro atoms. The second-order valence-electron chi connectivity index (χ2n) is 3.80. The number of nitrogens with two attached hydrogens (primary N) is 1. The van der Waals surface area contributed by atoms with E-state index in [1.165, 1.54) is 5.56 Å². The van der Waals surface area contributed by atoms with Crippen molar-refractivity contribution < 1.29 is 4.79 Å². The van der Waals surface area contributed by atoms with E-state index in [9.17, 15) is 4.79 Å². The van der Waals surface area contributed by atoms with Crippen LogP contribution in [0, 0.1) is 13.8 Å². The minimum Gasteiger partial charge on any atom is -0.325 e. The highest BCUT2D eigenvalue weighted by Crippen LogP contribution is 2.14. The Hall–Kier alpha value is -1.35. The first-order chi connectivity index (χ1) is 7.04. The smallest absolute Gasteiger partial charge is 0.241 e. The fourth-order valence-electron chi connectivity index (χ4n) is 1.24. The topological polar surface area (TPSA) is 55.1 Å². The number of rotatable bonds is 3. The minimum absolute atomic E-state index is 0.124. The van der Waals surface area contributed by atoms with Crippen LogP contribution >= 0.6 is 0 Å². The Balaban J connectivity index is 2.73. The number of hydrogen-bond donors (Lipinski definition) is 2. The van der Waals surface area contributed by atoms with Gasteiger partial charge < -0.3 is 11.1 Å². The summed E-state index contributed by atoms with van der Waals surface area (Å²) >= 11 is 0. The van der Waals surface area contributed by atoms with Crippen molar-refractivity contribution in [3.05, 3.63) is 29.3 Å². The second kappa shape index (κ2) is 4.94. The summed E-state index contributed by atoms with van der Waals surface area (Å²) in [5, 5.41) is 2.80. The highest BCUT2D eigenvalue weighted by molar-refractivity contribution is 5.94. The van der Waals surface area contributed by atoms with E-state index in [2.05, 4.69) is 5.32 Å². The highest BCUT2D eigenvalue weighted by atomic mass is 16.2. The third-order valence-electron chi connectivity index (χ3n) is 2.55. The number of carbonyl (C=O) groups excluding carboxylic acids is 1. The molecule has 0 aromatic heterocycles. The standard InChI is InChI=1S/C12H18N2O/c1-4-11(13)12(15)14-10-6-5-8(2)9(3)7-10/h5-7,11H,4,13H2,1-3H3,(H,14,15)/t11-/m0/s1. The molecule has 1 amide bonds. The van der Waals surface area contributed by atoms with Crippen LogP contribution in [0.3, 0.4) is 0 Å². The molecular formula is C12H18N2O. The fraction of sp³-hybridized carbons (Fsp3) is 0.417. The third-order valence-corrected chi connectivity index (χ3v) is 2.55. The minimum atomic E-state index is -0.424. The first-order valence-corrected chi connectivity index (χ1v) is 5.18. The van der Waals surface area contributed by atoms with E-state index >= 15 is 0 Å². The maximum Gasteiger partial charge on any atom is 0.241 e. The van der Waals surface area contributed by atoms with Gasteiger partial charge in [0.1, 0.15) is 0 Å². The predicted molar refractivity (Wildman–Crippen MR) is 62.8 cm³/mol. The molecule has 0 saturated heterocycles. The van der Waals surface area contributed by atoms with Crippen LogP contribution in [0.1, 0.15) is 24.5 Å². The van der Waals surface area contributed by atoms with Crippen molar-refractivity contribution in [3.63, 3.8) is 0 Å². The average Bonchev–Trinajstić information content (AvgIpc) is 2.22. The van der Waals surface area contributed by atoms with E-state index in [4.69, 9.17) is 5.73 Å². The summed E-state index contributed by atoms with van der Waals surface area (Å²) in [6, 6.07) is 5.41. The molecule has 0 radical (unpaired) electrons. The molecule has 3 nitrogen and oxygen atoms in total. The second-order valence-corrected chi connectivity index (χ2v) is 3.80. The maximum absolute atomic E-state index is 11.5. The number of hydrogen-bond acceptors (Lipinski definition) is 2. The summed E-state index contributed by atoms with van der Waals surface area (Å²) in [7, 11) is 0. The van der Waals surface area contributed by atoms with Gasteiger partial charge in [0, 0.05) is 5.69 Å². The van der Waals surface area contributed by atoms with Crippen LogP contribution in [0.2, 0.25) is 0 Å². The lowest BCUT2D eigenvalue weighted by atomic mass is 10.1. The molecule has 0 aliphatic rings. The van der Waals surface area contributed by atoms with Gasteiger partial charge in [-0.25, -0.2) is 0 Å². The zero-order valence-electron chi connectivity index (χ0n) is 9.50. The maximum atomic E-state index is 11.5. The quantitative estimate of drug-likeness (QED) is 0.794. The van der Waals surface area contributed by atoms with E-state index in [1.807, 2.05) is 39.0 Å². The summed E-state index contributed by atoms with van der Waals surface area (Å²) in [4.78, 5) is 11.5. The first kappa shape index (κ1) is 11.7. The van der Waals surface area contributed by atoms with Crippen molar-refractivity contribution in [1.29, 1.82) is 0 Å². The zero-order chi connectivity index (χ0) is 11.4. The summed E-state index contributed by atoms with van der Waals surface area (Å²) in [6.45, 7) is 5.95. The molecule has 82 valence electrons. The molecule has 0 bridgehead atoms. The lowest BCUT2D eigenvalue weighted by molar-refractivity contribution is -0.117.